The van der Waals surface area contributed by atoms with Crippen molar-refractivity contribution >= 4 is 0 Å². The van der Waals surface area contributed by atoms with Gasteiger partial charge in [-0.25, -0.2) is 0 Å². The van der Waals surface area contributed by atoms with E-state index in [1.165, 1.54) is 0 Å². The van der Waals surface area contributed by atoms with Crippen LogP contribution in [0, 0.1) is 0 Å². The SMILES string of the molecule is NCC(O)(CCn1cccn1)c1ccccc1. The number of hydrogen-bond acceptors (Lipinski definition) is 3. The molecule has 0 aliphatic rings. The molecule has 17 heavy (non-hydrogen) atoms. The number of aryl methyl sites for hydroxylation is 1. The second-order valence-electron chi connectivity index (χ2n) is 4.12. The Morgan fingerprint density at radius 3 is 2.59 bits per heavy atom. The average molecular weight is 231 g/mol. The predicted molar refractivity (Wildman–Crippen MR) is 66.2 cm³/mol. The third kappa shape index (κ3) is 2.72. The maximum Gasteiger partial charge on any atom is 0.104 e. The highest BCUT2D eigenvalue weighted by Gasteiger charge is 2.27. The minimum Gasteiger partial charge on any atom is -0.384 e. The summed E-state index contributed by atoms with van der Waals surface area (Å²) in [5.74, 6) is 0. The summed E-state index contributed by atoms with van der Waals surface area (Å²) in [5.41, 5.74) is 5.58. The lowest BCUT2D eigenvalue weighted by atomic mass is 9.90. The number of nitrogens with two attached hydrogens (primary N) is 1. The van der Waals surface area contributed by atoms with Gasteiger partial charge in [0.15, 0.2) is 0 Å². The van der Waals surface area contributed by atoms with Gasteiger partial charge in [-0.1, -0.05) is 30.3 Å². The van der Waals surface area contributed by atoms with Gasteiger partial charge in [-0.15, -0.1) is 0 Å². The van der Waals surface area contributed by atoms with Gasteiger partial charge in [0, 0.05) is 31.9 Å². The van der Waals surface area contributed by atoms with Crippen LogP contribution in [0.1, 0.15) is 12.0 Å². The van der Waals surface area contributed by atoms with Gasteiger partial charge in [0.2, 0.25) is 0 Å². The third-order valence-electron chi connectivity index (χ3n) is 2.96. The molecule has 0 aliphatic heterocycles. The first-order chi connectivity index (χ1) is 8.24. The Labute approximate surface area is 101 Å². The quantitative estimate of drug-likeness (QED) is 0.810. The van der Waals surface area contributed by atoms with E-state index in [0.717, 1.165) is 5.56 Å². The molecule has 3 N–H and O–H groups in total. The van der Waals surface area contributed by atoms with Gasteiger partial charge < -0.3 is 10.8 Å². The number of hydrogen-bond donors (Lipinski definition) is 2. The van der Waals surface area contributed by atoms with Crippen LogP contribution in [-0.4, -0.2) is 21.4 Å². The van der Waals surface area contributed by atoms with Gasteiger partial charge in [-0.2, -0.15) is 5.10 Å². The molecule has 1 aromatic heterocycles. The average Bonchev–Trinajstić information content (AvgIpc) is 2.90. The maximum absolute atomic E-state index is 10.5. The molecule has 0 amide bonds. The van der Waals surface area contributed by atoms with Crippen LogP contribution >= 0.6 is 0 Å². The van der Waals surface area contributed by atoms with E-state index in [1.807, 2.05) is 42.6 Å². The van der Waals surface area contributed by atoms with Crippen LogP contribution in [0.4, 0.5) is 0 Å². The second kappa shape index (κ2) is 5.12. The Morgan fingerprint density at radius 1 is 1.24 bits per heavy atom. The first-order valence-corrected chi connectivity index (χ1v) is 5.70. The van der Waals surface area contributed by atoms with Crippen molar-refractivity contribution < 1.29 is 5.11 Å². The highest BCUT2D eigenvalue weighted by Crippen LogP contribution is 2.24. The molecule has 4 heteroatoms. The van der Waals surface area contributed by atoms with Crippen molar-refractivity contribution in [2.45, 2.75) is 18.6 Å². The molecule has 1 unspecified atom stereocenters. The van der Waals surface area contributed by atoms with Crippen LogP contribution in [0.5, 0.6) is 0 Å². The molecule has 2 rings (SSSR count). The summed E-state index contributed by atoms with van der Waals surface area (Å²) >= 11 is 0. The minimum absolute atomic E-state index is 0.207. The molecular formula is C13H17N3O. The zero-order chi connectivity index (χ0) is 12.1. The molecule has 0 fully saturated rings. The van der Waals surface area contributed by atoms with Crippen LogP contribution in [0.2, 0.25) is 0 Å². The van der Waals surface area contributed by atoms with E-state index in [1.54, 1.807) is 10.9 Å². The summed E-state index contributed by atoms with van der Waals surface area (Å²) in [4.78, 5) is 0. The number of aliphatic hydroxyl groups is 1. The van der Waals surface area contributed by atoms with Gasteiger partial charge in [0.25, 0.3) is 0 Å². The molecule has 2 aromatic rings. The van der Waals surface area contributed by atoms with Crippen molar-refractivity contribution in [2.75, 3.05) is 6.54 Å². The lowest BCUT2D eigenvalue weighted by molar-refractivity contribution is 0.0312. The number of benzene rings is 1. The minimum atomic E-state index is -0.979. The fraction of sp³-hybridized carbons (Fsp3) is 0.308. The second-order valence-corrected chi connectivity index (χ2v) is 4.12. The largest absolute Gasteiger partial charge is 0.384 e. The van der Waals surface area contributed by atoms with Gasteiger partial charge in [0.05, 0.1) is 0 Å². The number of aromatic nitrogens is 2. The van der Waals surface area contributed by atoms with Crippen molar-refractivity contribution in [3.05, 3.63) is 54.4 Å². The molecule has 0 aliphatic carbocycles. The Kier molecular flexibility index (Phi) is 3.56. The Bertz CT molecular complexity index is 441. The van der Waals surface area contributed by atoms with E-state index in [0.29, 0.717) is 13.0 Å². The molecule has 1 aromatic carbocycles. The summed E-state index contributed by atoms with van der Waals surface area (Å²) in [6.07, 6.45) is 4.15. The molecule has 1 heterocycles. The fourth-order valence-electron chi connectivity index (χ4n) is 1.84. The predicted octanol–water partition coefficient (Wildman–Crippen LogP) is 1.12. The van der Waals surface area contributed by atoms with Crippen LogP contribution < -0.4 is 5.73 Å². The smallest absolute Gasteiger partial charge is 0.104 e. The van der Waals surface area contributed by atoms with Crippen molar-refractivity contribution in [1.82, 2.24) is 9.78 Å². The van der Waals surface area contributed by atoms with Crippen molar-refractivity contribution in [2.24, 2.45) is 5.73 Å². The van der Waals surface area contributed by atoms with E-state index in [4.69, 9.17) is 5.73 Å². The van der Waals surface area contributed by atoms with Crippen LogP contribution in [-0.2, 0) is 12.1 Å². The molecule has 0 radical (unpaired) electrons. The summed E-state index contributed by atoms with van der Waals surface area (Å²) in [6.45, 7) is 0.855. The van der Waals surface area contributed by atoms with Gasteiger partial charge >= 0.3 is 0 Å². The van der Waals surface area contributed by atoms with Crippen LogP contribution in [0.3, 0.4) is 0 Å². The van der Waals surface area contributed by atoms with Gasteiger partial charge in [0.1, 0.15) is 5.60 Å². The molecule has 0 saturated heterocycles. The Hall–Kier alpha value is -1.65. The lowest BCUT2D eigenvalue weighted by Crippen LogP contribution is -2.36. The van der Waals surface area contributed by atoms with Crippen LogP contribution in [0.25, 0.3) is 0 Å². The Morgan fingerprint density at radius 2 is 2.00 bits per heavy atom. The normalized spacial score (nSPS) is 14.5. The van der Waals surface area contributed by atoms with Crippen LogP contribution in [0.15, 0.2) is 48.8 Å². The van der Waals surface area contributed by atoms with E-state index in [2.05, 4.69) is 5.10 Å². The summed E-state index contributed by atoms with van der Waals surface area (Å²) in [6, 6.07) is 11.4. The molecule has 0 saturated carbocycles. The topological polar surface area (TPSA) is 64.1 Å². The van der Waals surface area contributed by atoms with Crippen molar-refractivity contribution in [1.29, 1.82) is 0 Å². The Balaban J connectivity index is 2.09. The van der Waals surface area contributed by atoms with E-state index in [9.17, 15) is 5.11 Å². The fourth-order valence-corrected chi connectivity index (χ4v) is 1.84. The molecule has 1 atom stereocenters. The molecule has 0 spiro atoms. The molecule has 4 nitrogen and oxygen atoms in total. The summed E-state index contributed by atoms with van der Waals surface area (Å²) in [7, 11) is 0. The first-order valence-electron chi connectivity index (χ1n) is 5.70. The van der Waals surface area contributed by atoms with Gasteiger partial charge in [-0.3, -0.25) is 4.68 Å². The third-order valence-corrected chi connectivity index (χ3v) is 2.96. The molecule has 0 bridgehead atoms. The van der Waals surface area contributed by atoms with E-state index < -0.39 is 5.60 Å². The lowest BCUT2D eigenvalue weighted by Gasteiger charge is -2.27. The van der Waals surface area contributed by atoms with E-state index >= 15 is 0 Å². The number of rotatable bonds is 5. The number of nitrogens with zero attached hydrogens (tertiary/aromatic N) is 2. The first kappa shape index (κ1) is 11.8. The van der Waals surface area contributed by atoms with E-state index in [-0.39, 0.29) is 6.54 Å². The zero-order valence-corrected chi connectivity index (χ0v) is 9.66. The van der Waals surface area contributed by atoms with Crippen molar-refractivity contribution in [3.8, 4) is 0 Å². The highest BCUT2D eigenvalue weighted by atomic mass is 16.3. The molecule has 90 valence electrons. The maximum atomic E-state index is 10.5. The van der Waals surface area contributed by atoms with Gasteiger partial charge in [-0.05, 0) is 11.6 Å². The monoisotopic (exact) mass is 231 g/mol. The summed E-state index contributed by atoms with van der Waals surface area (Å²) < 4.78 is 1.80. The highest BCUT2D eigenvalue weighted by molar-refractivity contribution is 5.22. The zero-order valence-electron chi connectivity index (χ0n) is 9.66. The van der Waals surface area contributed by atoms with Crippen molar-refractivity contribution in [3.63, 3.8) is 0 Å². The standard InChI is InChI=1S/C13H17N3O/c14-11-13(17,12-5-2-1-3-6-12)7-10-16-9-4-8-15-16/h1-6,8-9,17H,7,10-11,14H2. The summed E-state index contributed by atoms with van der Waals surface area (Å²) in [5, 5.41) is 14.6. The molecular weight excluding hydrogens is 214 g/mol.